The van der Waals surface area contributed by atoms with Gasteiger partial charge in [0.2, 0.25) is 0 Å². The monoisotopic (exact) mass is 189 g/mol. The van der Waals surface area contributed by atoms with Gasteiger partial charge in [-0.2, -0.15) is 0 Å². The van der Waals surface area contributed by atoms with Crippen LogP contribution in [-0.2, 0) is 0 Å². The molecule has 0 aliphatic carbocycles. The van der Waals surface area contributed by atoms with E-state index in [4.69, 9.17) is 10.5 Å². The Balaban J connectivity index is 2.50. The Kier molecular flexibility index (Phi) is 2.10. The first kappa shape index (κ1) is 8.62. The van der Waals surface area contributed by atoms with Crippen LogP contribution in [-0.4, -0.2) is 16.7 Å². The summed E-state index contributed by atoms with van der Waals surface area (Å²) in [6, 6.07) is 7.70. The molecule has 0 bridgehead atoms. The minimum atomic E-state index is 0.496. The molecule has 0 aliphatic heterocycles. The Morgan fingerprint density at radius 3 is 2.79 bits per heavy atom. The fraction of sp³-hybridized carbons (Fsp3) is 0.100. The number of para-hydroxylation sites is 2. The van der Waals surface area contributed by atoms with E-state index in [0.29, 0.717) is 5.82 Å². The second-order valence-corrected chi connectivity index (χ2v) is 2.88. The predicted octanol–water partition coefficient (Wildman–Crippen LogP) is 1.46. The largest absolute Gasteiger partial charge is 0.495 e. The van der Waals surface area contributed by atoms with Crippen molar-refractivity contribution in [1.82, 2.24) is 9.55 Å². The fourth-order valence-electron chi connectivity index (χ4n) is 1.31. The van der Waals surface area contributed by atoms with E-state index in [9.17, 15) is 0 Å². The summed E-state index contributed by atoms with van der Waals surface area (Å²) in [7, 11) is 1.64. The fourth-order valence-corrected chi connectivity index (χ4v) is 1.31. The Bertz CT molecular complexity index is 436. The molecule has 4 nitrogen and oxygen atoms in total. The normalized spacial score (nSPS) is 10.1. The SMILES string of the molecule is COc1ccccc1-n1cnc(N)c1. The number of nitrogens with two attached hydrogens (primary N) is 1. The van der Waals surface area contributed by atoms with Crippen molar-refractivity contribution in [2.24, 2.45) is 0 Å². The number of benzene rings is 1. The summed E-state index contributed by atoms with van der Waals surface area (Å²) in [5.41, 5.74) is 6.46. The molecular weight excluding hydrogens is 178 g/mol. The number of nitrogens with zero attached hydrogens (tertiary/aromatic N) is 2. The Morgan fingerprint density at radius 2 is 2.14 bits per heavy atom. The van der Waals surface area contributed by atoms with E-state index in [1.807, 2.05) is 28.8 Å². The van der Waals surface area contributed by atoms with Crippen LogP contribution in [0.1, 0.15) is 0 Å². The van der Waals surface area contributed by atoms with Gasteiger partial charge in [0.1, 0.15) is 17.9 Å². The Hall–Kier alpha value is -1.97. The van der Waals surface area contributed by atoms with E-state index >= 15 is 0 Å². The number of ether oxygens (including phenoxy) is 1. The molecule has 2 rings (SSSR count). The maximum absolute atomic E-state index is 5.53. The van der Waals surface area contributed by atoms with Crippen LogP contribution in [0.3, 0.4) is 0 Å². The van der Waals surface area contributed by atoms with Gasteiger partial charge in [0.05, 0.1) is 19.0 Å². The van der Waals surface area contributed by atoms with Gasteiger partial charge >= 0.3 is 0 Å². The first-order chi connectivity index (χ1) is 6.81. The number of rotatable bonds is 2. The van der Waals surface area contributed by atoms with Gasteiger partial charge in [0, 0.05) is 0 Å². The van der Waals surface area contributed by atoms with E-state index < -0.39 is 0 Å². The van der Waals surface area contributed by atoms with Crippen molar-refractivity contribution in [3.8, 4) is 11.4 Å². The lowest BCUT2D eigenvalue weighted by Gasteiger charge is -2.07. The van der Waals surface area contributed by atoms with Crippen LogP contribution in [0, 0.1) is 0 Å². The lowest BCUT2D eigenvalue weighted by molar-refractivity contribution is 0.413. The van der Waals surface area contributed by atoms with Crippen LogP contribution in [0.15, 0.2) is 36.8 Å². The maximum atomic E-state index is 5.53. The molecule has 0 amide bonds. The van der Waals surface area contributed by atoms with E-state index in [-0.39, 0.29) is 0 Å². The van der Waals surface area contributed by atoms with Crippen molar-refractivity contribution < 1.29 is 4.74 Å². The molecule has 0 aliphatic rings. The van der Waals surface area contributed by atoms with Crippen molar-refractivity contribution in [3.63, 3.8) is 0 Å². The highest BCUT2D eigenvalue weighted by Crippen LogP contribution is 2.22. The minimum Gasteiger partial charge on any atom is -0.495 e. The number of hydrogen-bond acceptors (Lipinski definition) is 3. The zero-order chi connectivity index (χ0) is 9.97. The quantitative estimate of drug-likeness (QED) is 0.778. The van der Waals surface area contributed by atoms with E-state index in [0.717, 1.165) is 11.4 Å². The number of nitrogen functional groups attached to an aromatic ring is 1. The topological polar surface area (TPSA) is 53.1 Å². The molecule has 0 fully saturated rings. The number of methoxy groups -OCH3 is 1. The van der Waals surface area contributed by atoms with Gasteiger partial charge < -0.3 is 15.0 Å². The van der Waals surface area contributed by atoms with Crippen molar-refractivity contribution in [1.29, 1.82) is 0 Å². The molecule has 0 unspecified atom stereocenters. The van der Waals surface area contributed by atoms with Crippen molar-refractivity contribution >= 4 is 5.82 Å². The van der Waals surface area contributed by atoms with Crippen LogP contribution in [0.25, 0.3) is 5.69 Å². The average molecular weight is 189 g/mol. The summed E-state index contributed by atoms with van der Waals surface area (Å²) in [6.45, 7) is 0. The third kappa shape index (κ3) is 1.42. The van der Waals surface area contributed by atoms with Crippen LogP contribution in [0.4, 0.5) is 5.82 Å². The molecule has 1 aromatic carbocycles. The number of aromatic nitrogens is 2. The molecule has 4 heteroatoms. The van der Waals surface area contributed by atoms with Crippen molar-refractivity contribution in [2.45, 2.75) is 0 Å². The third-order valence-corrected chi connectivity index (χ3v) is 1.97. The third-order valence-electron chi connectivity index (χ3n) is 1.97. The van der Waals surface area contributed by atoms with Gasteiger partial charge in [-0.05, 0) is 12.1 Å². The molecular formula is C10H11N3O. The minimum absolute atomic E-state index is 0.496. The summed E-state index contributed by atoms with van der Waals surface area (Å²) >= 11 is 0. The van der Waals surface area contributed by atoms with Crippen LogP contribution >= 0.6 is 0 Å². The number of imidazole rings is 1. The van der Waals surface area contributed by atoms with E-state index in [2.05, 4.69) is 4.98 Å². The lowest BCUT2D eigenvalue weighted by atomic mass is 10.3. The summed E-state index contributed by atoms with van der Waals surface area (Å²) in [6.07, 6.45) is 3.41. The molecule has 14 heavy (non-hydrogen) atoms. The van der Waals surface area contributed by atoms with Crippen LogP contribution in [0.5, 0.6) is 5.75 Å². The molecule has 0 spiro atoms. The first-order valence-corrected chi connectivity index (χ1v) is 4.24. The molecule has 2 aromatic rings. The van der Waals surface area contributed by atoms with Crippen molar-refractivity contribution in [3.05, 3.63) is 36.8 Å². The summed E-state index contributed by atoms with van der Waals surface area (Å²) in [4.78, 5) is 3.95. The maximum Gasteiger partial charge on any atom is 0.142 e. The zero-order valence-electron chi connectivity index (χ0n) is 7.84. The van der Waals surface area contributed by atoms with Crippen LogP contribution in [0.2, 0.25) is 0 Å². The highest BCUT2D eigenvalue weighted by atomic mass is 16.5. The molecule has 1 aromatic heterocycles. The Labute approximate surface area is 81.9 Å². The highest BCUT2D eigenvalue weighted by Gasteiger charge is 2.03. The molecule has 1 heterocycles. The number of hydrogen-bond donors (Lipinski definition) is 1. The standard InChI is InChI=1S/C10H11N3O/c1-14-9-5-3-2-4-8(9)13-6-10(11)12-7-13/h2-7H,11H2,1H3. The predicted molar refractivity (Wildman–Crippen MR) is 54.5 cm³/mol. The highest BCUT2D eigenvalue weighted by molar-refractivity contribution is 5.47. The van der Waals surface area contributed by atoms with E-state index in [1.54, 1.807) is 19.6 Å². The van der Waals surface area contributed by atoms with Gasteiger partial charge in [0.15, 0.2) is 0 Å². The van der Waals surface area contributed by atoms with Crippen molar-refractivity contribution in [2.75, 3.05) is 12.8 Å². The molecule has 2 N–H and O–H groups in total. The zero-order valence-corrected chi connectivity index (χ0v) is 7.84. The Morgan fingerprint density at radius 1 is 1.36 bits per heavy atom. The first-order valence-electron chi connectivity index (χ1n) is 4.24. The van der Waals surface area contributed by atoms with Crippen LogP contribution < -0.4 is 10.5 Å². The smallest absolute Gasteiger partial charge is 0.142 e. The van der Waals surface area contributed by atoms with Gasteiger partial charge in [-0.15, -0.1) is 0 Å². The van der Waals surface area contributed by atoms with E-state index in [1.165, 1.54) is 0 Å². The number of anilines is 1. The average Bonchev–Trinajstić information content (AvgIpc) is 2.65. The molecule has 72 valence electrons. The van der Waals surface area contributed by atoms with Gasteiger partial charge in [-0.1, -0.05) is 12.1 Å². The summed E-state index contributed by atoms with van der Waals surface area (Å²) in [5.74, 6) is 1.29. The second kappa shape index (κ2) is 3.41. The molecule has 0 saturated heterocycles. The van der Waals surface area contributed by atoms with Gasteiger partial charge in [-0.3, -0.25) is 0 Å². The molecule has 0 atom stereocenters. The second-order valence-electron chi connectivity index (χ2n) is 2.88. The van der Waals surface area contributed by atoms with Gasteiger partial charge in [0.25, 0.3) is 0 Å². The molecule has 0 radical (unpaired) electrons. The van der Waals surface area contributed by atoms with Gasteiger partial charge in [-0.25, -0.2) is 4.98 Å². The summed E-state index contributed by atoms with van der Waals surface area (Å²) in [5, 5.41) is 0. The summed E-state index contributed by atoms with van der Waals surface area (Å²) < 4.78 is 7.05. The lowest BCUT2D eigenvalue weighted by Crippen LogP contribution is -1.94. The molecule has 0 saturated carbocycles.